The molecule has 0 bridgehead atoms. The van der Waals surface area contributed by atoms with Crippen LogP contribution in [-0.4, -0.2) is 20.9 Å². The molecule has 0 radical (unpaired) electrons. The van der Waals surface area contributed by atoms with Crippen molar-refractivity contribution in [1.29, 1.82) is 0 Å². The summed E-state index contributed by atoms with van der Waals surface area (Å²) >= 11 is 2.73. The van der Waals surface area contributed by atoms with E-state index in [0.717, 1.165) is 6.07 Å². The summed E-state index contributed by atoms with van der Waals surface area (Å²) < 4.78 is 93.0. The Balaban J connectivity index is 2.33. The summed E-state index contributed by atoms with van der Waals surface area (Å²) in [5, 5.41) is 3.36. The van der Waals surface area contributed by atoms with Gasteiger partial charge in [0.05, 0.1) is 5.56 Å². The zero-order valence-electron chi connectivity index (χ0n) is 10.7. The van der Waals surface area contributed by atoms with E-state index in [2.05, 4.69) is 26.0 Å². The van der Waals surface area contributed by atoms with Crippen molar-refractivity contribution in [1.82, 2.24) is 14.8 Å². The van der Waals surface area contributed by atoms with Gasteiger partial charge >= 0.3 is 18.4 Å². The number of benzene rings is 1. The normalized spacial score (nSPS) is 12.5. The number of rotatable bonds is 3. The molecule has 0 amide bonds. The van der Waals surface area contributed by atoms with Crippen LogP contribution in [0.4, 0.5) is 30.7 Å². The molecule has 0 unspecified atom stereocenters. The second-order valence-electron chi connectivity index (χ2n) is 4.18. The van der Waals surface area contributed by atoms with Crippen LogP contribution >= 0.6 is 15.9 Å². The molecule has 0 spiro atoms. The molecule has 0 aliphatic heterocycles. The third-order valence-corrected chi connectivity index (χ3v) is 2.73. The van der Waals surface area contributed by atoms with Crippen molar-refractivity contribution in [3.63, 3.8) is 0 Å². The van der Waals surface area contributed by atoms with Crippen LogP contribution in [-0.2, 0) is 12.7 Å². The number of alkyl halides is 6. The Bertz CT molecular complexity index is 711. The van der Waals surface area contributed by atoms with E-state index in [4.69, 9.17) is 4.74 Å². The van der Waals surface area contributed by atoms with Gasteiger partial charge in [0, 0.05) is 0 Å². The maximum atomic E-state index is 13.1. The lowest BCUT2D eigenvalue weighted by molar-refractivity contribution is -0.143. The maximum absolute atomic E-state index is 13.1. The first-order valence-corrected chi connectivity index (χ1v) is 6.47. The predicted octanol–water partition coefficient (Wildman–Crippen LogP) is 4.55. The lowest BCUT2D eigenvalue weighted by Gasteiger charge is -2.12. The Morgan fingerprint density at radius 1 is 1.13 bits per heavy atom. The summed E-state index contributed by atoms with van der Waals surface area (Å²) in [6.45, 7) is -1.56. The summed E-state index contributed by atoms with van der Waals surface area (Å²) in [6, 6.07) is 0.924. The van der Waals surface area contributed by atoms with Crippen molar-refractivity contribution in [2.75, 3.05) is 0 Å². The minimum Gasteiger partial charge on any atom is -0.424 e. The molecule has 23 heavy (non-hydrogen) atoms. The third-order valence-electron chi connectivity index (χ3n) is 2.39. The lowest BCUT2D eigenvalue weighted by Crippen LogP contribution is -2.19. The molecule has 0 saturated carbocycles. The van der Waals surface area contributed by atoms with E-state index in [0.29, 0.717) is 16.8 Å². The highest BCUT2D eigenvalue weighted by Gasteiger charge is 2.35. The van der Waals surface area contributed by atoms with Gasteiger partial charge in [-0.05, 0) is 34.1 Å². The molecule has 0 atom stereocenters. The highest BCUT2D eigenvalue weighted by molar-refractivity contribution is 9.10. The summed E-state index contributed by atoms with van der Waals surface area (Å²) in [4.78, 5) is 3.48. The summed E-state index contributed by atoms with van der Waals surface area (Å²) in [5.74, 6) is -2.08. The van der Waals surface area contributed by atoms with Gasteiger partial charge in [0.2, 0.25) is 4.73 Å². The van der Waals surface area contributed by atoms with Crippen LogP contribution in [0.5, 0.6) is 11.8 Å². The zero-order chi connectivity index (χ0) is 17.4. The number of halogens is 8. The molecule has 4 nitrogen and oxygen atoms in total. The van der Waals surface area contributed by atoms with Crippen molar-refractivity contribution in [3.05, 3.63) is 34.3 Å². The fourth-order valence-electron chi connectivity index (χ4n) is 1.54. The lowest BCUT2D eigenvalue weighted by atomic mass is 10.2. The number of ether oxygens (including phenoxy) is 1. The van der Waals surface area contributed by atoms with Crippen LogP contribution in [0.3, 0.4) is 0 Å². The van der Waals surface area contributed by atoms with Gasteiger partial charge < -0.3 is 4.74 Å². The second kappa shape index (κ2) is 5.98. The van der Waals surface area contributed by atoms with Crippen molar-refractivity contribution in [2.24, 2.45) is 0 Å². The van der Waals surface area contributed by atoms with Gasteiger partial charge in [-0.2, -0.15) is 31.3 Å². The van der Waals surface area contributed by atoms with Crippen LogP contribution in [0.15, 0.2) is 22.9 Å². The molecule has 0 saturated heterocycles. The Morgan fingerprint density at radius 3 is 2.35 bits per heavy atom. The van der Waals surface area contributed by atoms with Crippen molar-refractivity contribution in [3.8, 4) is 11.8 Å². The molecule has 0 aliphatic carbocycles. The van der Waals surface area contributed by atoms with Crippen LogP contribution in [0.1, 0.15) is 5.56 Å². The molecule has 0 N–H and O–H groups in total. The summed E-state index contributed by atoms with van der Waals surface area (Å²) in [6.07, 6.45) is -9.63. The minimum atomic E-state index is -4.98. The molecule has 126 valence electrons. The summed E-state index contributed by atoms with van der Waals surface area (Å²) in [7, 11) is 0. The Morgan fingerprint density at radius 2 is 1.78 bits per heavy atom. The quantitative estimate of drug-likeness (QED) is 0.700. The van der Waals surface area contributed by atoms with Crippen molar-refractivity contribution >= 4 is 15.9 Å². The van der Waals surface area contributed by atoms with Gasteiger partial charge in [-0.3, -0.25) is 0 Å². The molecule has 0 aliphatic rings. The van der Waals surface area contributed by atoms with Gasteiger partial charge in [0.15, 0.2) is 0 Å². The average molecular weight is 408 g/mol. The smallest absolute Gasteiger partial charge is 0.419 e. The van der Waals surface area contributed by atoms with E-state index >= 15 is 0 Å². The van der Waals surface area contributed by atoms with Gasteiger partial charge in [0.25, 0.3) is 0 Å². The molecular formula is C11H5BrF7N3O. The van der Waals surface area contributed by atoms with Crippen LogP contribution in [0, 0.1) is 5.82 Å². The van der Waals surface area contributed by atoms with Gasteiger partial charge in [0.1, 0.15) is 18.1 Å². The fraction of sp³-hybridized carbons (Fsp3) is 0.273. The first-order chi connectivity index (χ1) is 10.5. The molecular weight excluding hydrogens is 403 g/mol. The largest absolute Gasteiger partial charge is 0.424 e. The number of hydrogen-bond donors (Lipinski definition) is 0. The zero-order valence-corrected chi connectivity index (χ0v) is 12.3. The molecule has 2 aromatic rings. The molecule has 0 fully saturated rings. The number of aromatic nitrogens is 3. The van der Waals surface area contributed by atoms with Crippen LogP contribution in [0.2, 0.25) is 0 Å². The topological polar surface area (TPSA) is 39.9 Å². The molecule has 1 aromatic heterocycles. The maximum Gasteiger partial charge on any atom is 0.419 e. The first-order valence-electron chi connectivity index (χ1n) is 5.67. The molecule has 12 heteroatoms. The van der Waals surface area contributed by atoms with E-state index in [1.807, 2.05) is 0 Å². The molecule has 1 aromatic carbocycles. The SMILES string of the molecule is Fc1ccc(Oc2nc(Br)nn2CC(F)(F)F)cc1C(F)(F)F. The van der Waals surface area contributed by atoms with Crippen molar-refractivity contribution in [2.45, 2.75) is 18.9 Å². The van der Waals surface area contributed by atoms with Crippen molar-refractivity contribution < 1.29 is 35.5 Å². The average Bonchev–Trinajstić information content (AvgIpc) is 2.68. The van der Waals surface area contributed by atoms with E-state index in [9.17, 15) is 30.7 Å². The number of hydrogen-bond acceptors (Lipinski definition) is 3. The van der Waals surface area contributed by atoms with Crippen LogP contribution < -0.4 is 4.74 Å². The third kappa shape index (κ3) is 4.56. The Kier molecular flexibility index (Phi) is 4.55. The second-order valence-corrected chi connectivity index (χ2v) is 4.89. The van der Waals surface area contributed by atoms with Gasteiger partial charge in [-0.15, -0.1) is 5.10 Å². The minimum absolute atomic E-state index is 0.255. The first kappa shape index (κ1) is 17.5. The summed E-state index contributed by atoms with van der Waals surface area (Å²) in [5.41, 5.74) is -1.61. The van der Waals surface area contributed by atoms with Gasteiger partial charge in [-0.25, -0.2) is 9.07 Å². The van der Waals surface area contributed by atoms with Crippen LogP contribution in [0.25, 0.3) is 0 Å². The molecule has 1 heterocycles. The van der Waals surface area contributed by atoms with E-state index in [1.165, 1.54) is 0 Å². The Hall–Kier alpha value is -1.85. The van der Waals surface area contributed by atoms with Gasteiger partial charge in [-0.1, -0.05) is 0 Å². The fourth-order valence-corrected chi connectivity index (χ4v) is 1.88. The Labute approximate surface area is 132 Å². The number of nitrogens with zero attached hydrogens (tertiary/aromatic N) is 3. The van der Waals surface area contributed by atoms with E-state index in [-0.39, 0.29) is 4.73 Å². The standard InChI is InChI=1S/C11H5BrF7N3O/c12-8-20-9(22(21-8)4-10(14,15)16)23-5-1-2-7(13)6(3-5)11(17,18)19/h1-3H,4H2. The monoisotopic (exact) mass is 407 g/mol. The molecule has 2 rings (SSSR count). The highest BCUT2D eigenvalue weighted by atomic mass is 79.9. The highest BCUT2D eigenvalue weighted by Crippen LogP contribution is 2.35. The van der Waals surface area contributed by atoms with E-state index < -0.39 is 42.0 Å². The predicted molar refractivity (Wildman–Crippen MR) is 65.3 cm³/mol. The van der Waals surface area contributed by atoms with E-state index in [1.54, 1.807) is 0 Å².